The van der Waals surface area contributed by atoms with Crippen molar-refractivity contribution < 1.29 is 14.1 Å². The Kier molecular flexibility index (Phi) is 3.96. The summed E-state index contributed by atoms with van der Waals surface area (Å²) in [6.45, 7) is 1.85. The van der Waals surface area contributed by atoms with Gasteiger partial charge in [-0.1, -0.05) is 0 Å². The summed E-state index contributed by atoms with van der Waals surface area (Å²) in [4.78, 5) is 28.6. The molecule has 1 heterocycles. The van der Waals surface area contributed by atoms with Crippen molar-refractivity contribution in [1.29, 1.82) is 0 Å². The van der Waals surface area contributed by atoms with Crippen LogP contribution in [0, 0.1) is 17.0 Å². The van der Waals surface area contributed by atoms with E-state index in [2.05, 4.69) is 4.98 Å². The van der Waals surface area contributed by atoms with Crippen LogP contribution in [0.3, 0.4) is 0 Å². The Bertz CT molecular complexity index is 810. The van der Waals surface area contributed by atoms with Crippen molar-refractivity contribution >= 4 is 17.3 Å². The molecule has 3 rings (SSSR count). The molecule has 2 aromatic rings. The van der Waals surface area contributed by atoms with Crippen LogP contribution in [0.5, 0.6) is 0 Å². The van der Waals surface area contributed by atoms with Crippen molar-refractivity contribution in [3.63, 3.8) is 0 Å². The predicted molar refractivity (Wildman–Crippen MR) is 86.5 cm³/mol. The van der Waals surface area contributed by atoms with Gasteiger partial charge >= 0.3 is 0 Å². The second-order valence-electron chi connectivity index (χ2n) is 6.09. The number of hydrogen-bond donors (Lipinski definition) is 1. The van der Waals surface area contributed by atoms with Gasteiger partial charge in [0, 0.05) is 19.0 Å². The number of nitro groups is 1. The van der Waals surface area contributed by atoms with Crippen molar-refractivity contribution in [2.75, 3.05) is 12.8 Å². The highest BCUT2D eigenvalue weighted by Gasteiger charge is 2.28. The van der Waals surface area contributed by atoms with Gasteiger partial charge in [0.25, 0.3) is 11.6 Å². The summed E-state index contributed by atoms with van der Waals surface area (Å²) >= 11 is 0. The number of amides is 1. The van der Waals surface area contributed by atoms with Gasteiger partial charge < -0.3 is 15.1 Å². The third-order valence-corrected chi connectivity index (χ3v) is 4.00. The molecule has 1 saturated carbocycles. The quantitative estimate of drug-likeness (QED) is 0.512. The molecule has 1 fully saturated rings. The molecule has 1 aliphatic rings. The van der Waals surface area contributed by atoms with E-state index in [0.29, 0.717) is 17.4 Å². The molecule has 8 nitrogen and oxygen atoms in total. The number of rotatable bonds is 5. The van der Waals surface area contributed by atoms with Crippen molar-refractivity contribution in [1.82, 2.24) is 9.88 Å². The molecule has 1 aromatic heterocycles. The fourth-order valence-corrected chi connectivity index (χ4v) is 2.54. The van der Waals surface area contributed by atoms with E-state index in [-0.39, 0.29) is 23.5 Å². The van der Waals surface area contributed by atoms with E-state index >= 15 is 0 Å². The molecule has 0 aliphatic heterocycles. The monoisotopic (exact) mass is 330 g/mol. The first kappa shape index (κ1) is 16.0. The number of carbonyl (C=O) groups excluding carboxylic acids is 1. The molecule has 1 aromatic carbocycles. The van der Waals surface area contributed by atoms with Crippen LogP contribution < -0.4 is 5.73 Å². The van der Waals surface area contributed by atoms with E-state index < -0.39 is 10.8 Å². The maximum Gasteiger partial charge on any atom is 0.293 e. The molecule has 0 radical (unpaired) electrons. The van der Waals surface area contributed by atoms with Gasteiger partial charge in [0.15, 0.2) is 0 Å². The summed E-state index contributed by atoms with van der Waals surface area (Å²) in [6.07, 6.45) is 3.90. The number of oxazole rings is 1. The Morgan fingerprint density at radius 2 is 2.21 bits per heavy atom. The summed E-state index contributed by atoms with van der Waals surface area (Å²) in [7, 11) is 1.58. The van der Waals surface area contributed by atoms with Crippen LogP contribution in [-0.2, 0) is 6.54 Å². The number of nitro benzene ring substituents is 1. The van der Waals surface area contributed by atoms with E-state index in [9.17, 15) is 14.9 Å². The van der Waals surface area contributed by atoms with E-state index in [0.717, 1.165) is 18.6 Å². The van der Waals surface area contributed by atoms with E-state index in [1.165, 1.54) is 11.0 Å². The molecule has 0 atom stereocenters. The third kappa shape index (κ3) is 3.08. The lowest BCUT2D eigenvalue weighted by Crippen LogP contribution is -2.27. The highest BCUT2D eigenvalue weighted by Crippen LogP contribution is 2.40. The van der Waals surface area contributed by atoms with Gasteiger partial charge in [-0.05, 0) is 31.4 Å². The van der Waals surface area contributed by atoms with Crippen molar-refractivity contribution in [3.8, 4) is 0 Å². The maximum absolute atomic E-state index is 12.6. The number of aromatic nitrogens is 1. The Labute approximate surface area is 138 Å². The molecule has 8 heteroatoms. The molecule has 0 unspecified atom stereocenters. The number of hydrogen-bond acceptors (Lipinski definition) is 6. The van der Waals surface area contributed by atoms with Crippen LogP contribution in [0.25, 0.3) is 0 Å². The smallest absolute Gasteiger partial charge is 0.293 e. The van der Waals surface area contributed by atoms with Crippen molar-refractivity contribution in [2.24, 2.45) is 0 Å². The highest BCUT2D eigenvalue weighted by atomic mass is 16.6. The molecular weight excluding hydrogens is 312 g/mol. The fraction of sp³-hybridized carbons (Fsp3) is 0.375. The molecule has 0 saturated heterocycles. The van der Waals surface area contributed by atoms with Crippen LogP contribution in [0.1, 0.15) is 46.3 Å². The van der Waals surface area contributed by atoms with Crippen LogP contribution >= 0.6 is 0 Å². The van der Waals surface area contributed by atoms with Crippen LogP contribution in [0.4, 0.5) is 11.4 Å². The summed E-state index contributed by atoms with van der Waals surface area (Å²) in [5.41, 5.74) is 6.12. The maximum atomic E-state index is 12.6. The first-order chi connectivity index (χ1) is 11.4. The minimum absolute atomic E-state index is 0.109. The Balaban J connectivity index is 1.80. The topological polar surface area (TPSA) is 116 Å². The second-order valence-corrected chi connectivity index (χ2v) is 6.09. The average Bonchev–Trinajstić information content (AvgIpc) is 3.28. The van der Waals surface area contributed by atoms with Crippen molar-refractivity contribution in [2.45, 2.75) is 32.2 Å². The molecule has 24 heavy (non-hydrogen) atoms. The van der Waals surface area contributed by atoms with Gasteiger partial charge in [0.05, 0.1) is 23.2 Å². The molecule has 126 valence electrons. The SMILES string of the molecule is Cc1cc(C(=O)N(C)Cc2ncc(C3CC3)o2)c(N)c([N+](=O)[O-])c1. The molecule has 0 bridgehead atoms. The number of carbonyl (C=O) groups is 1. The van der Waals surface area contributed by atoms with Crippen LogP contribution in [0.15, 0.2) is 22.7 Å². The third-order valence-electron chi connectivity index (χ3n) is 4.00. The van der Waals surface area contributed by atoms with Gasteiger partial charge in [-0.25, -0.2) is 4.98 Å². The zero-order chi connectivity index (χ0) is 17.4. The standard InChI is InChI=1S/C16H18N4O4/c1-9-5-11(15(17)12(6-9)20(22)23)16(21)19(2)8-14-18-7-13(24-14)10-3-4-10/h5-7,10H,3-4,8,17H2,1-2H3. The van der Waals surface area contributed by atoms with E-state index in [1.54, 1.807) is 26.2 Å². The van der Waals surface area contributed by atoms with Gasteiger partial charge in [-0.3, -0.25) is 14.9 Å². The molecular formula is C16H18N4O4. The molecule has 0 spiro atoms. The Morgan fingerprint density at radius 1 is 1.50 bits per heavy atom. The summed E-state index contributed by atoms with van der Waals surface area (Å²) < 4.78 is 5.64. The van der Waals surface area contributed by atoms with E-state index in [1.807, 2.05) is 0 Å². The average molecular weight is 330 g/mol. The zero-order valence-corrected chi connectivity index (χ0v) is 13.5. The van der Waals surface area contributed by atoms with Gasteiger partial charge in [-0.15, -0.1) is 0 Å². The second kappa shape index (κ2) is 5.95. The number of nitrogens with zero attached hydrogens (tertiary/aromatic N) is 3. The number of aryl methyl sites for hydroxylation is 1. The highest BCUT2D eigenvalue weighted by molar-refractivity contribution is 6.01. The summed E-state index contributed by atoms with van der Waals surface area (Å²) in [5, 5.41) is 11.1. The van der Waals surface area contributed by atoms with Gasteiger partial charge in [-0.2, -0.15) is 0 Å². The number of nitrogens with two attached hydrogens (primary N) is 1. The lowest BCUT2D eigenvalue weighted by atomic mass is 10.1. The Hall–Kier alpha value is -2.90. The lowest BCUT2D eigenvalue weighted by molar-refractivity contribution is -0.384. The van der Waals surface area contributed by atoms with Crippen molar-refractivity contribution in [3.05, 3.63) is 51.2 Å². The molecule has 1 aliphatic carbocycles. The first-order valence-electron chi connectivity index (χ1n) is 7.61. The normalized spacial score (nSPS) is 13.8. The Morgan fingerprint density at radius 3 is 2.83 bits per heavy atom. The number of nitrogen functional groups attached to an aromatic ring is 1. The fourth-order valence-electron chi connectivity index (χ4n) is 2.54. The number of benzene rings is 1. The number of anilines is 1. The van der Waals surface area contributed by atoms with Crippen LogP contribution in [0.2, 0.25) is 0 Å². The van der Waals surface area contributed by atoms with E-state index in [4.69, 9.17) is 10.2 Å². The zero-order valence-electron chi connectivity index (χ0n) is 13.5. The molecule has 2 N–H and O–H groups in total. The minimum atomic E-state index is -0.588. The summed E-state index contributed by atoms with van der Waals surface area (Å²) in [6, 6.07) is 2.90. The first-order valence-corrected chi connectivity index (χ1v) is 7.61. The molecule has 1 amide bonds. The van der Waals surface area contributed by atoms with Gasteiger partial charge in [0.1, 0.15) is 11.4 Å². The lowest BCUT2D eigenvalue weighted by Gasteiger charge is -2.16. The van der Waals surface area contributed by atoms with Crippen LogP contribution in [-0.4, -0.2) is 27.8 Å². The summed E-state index contributed by atoms with van der Waals surface area (Å²) in [5.74, 6) is 1.32. The predicted octanol–water partition coefficient (Wildman–Crippen LogP) is 2.62. The largest absolute Gasteiger partial charge is 0.443 e. The van der Waals surface area contributed by atoms with Gasteiger partial charge in [0.2, 0.25) is 5.89 Å². The minimum Gasteiger partial charge on any atom is -0.443 e.